The van der Waals surface area contributed by atoms with Crippen molar-refractivity contribution < 1.29 is 14.3 Å². The first-order chi connectivity index (χ1) is 14.3. The van der Waals surface area contributed by atoms with Gasteiger partial charge in [0.15, 0.2) is 0 Å². The van der Waals surface area contributed by atoms with Crippen molar-refractivity contribution in [2.24, 2.45) is 16.7 Å². The first kappa shape index (κ1) is 20.2. The van der Waals surface area contributed by atoms with E-state index in [2.05, 4.69) is 31.1 Å². The van der Waals surface area contributed by atoms with Crippen LogP contribution in [0.5, 0.6) is 5.75 Å². The van der Waals surface area contributed by atoms with Crippen LogP contribution in [0, 0.1) is 16.7 Å². The van der Waals surface area contributed by atoms with E-state index in [1.807, 2.05) is 0 Å². The van der Waals surface area contributed by atoms with Crippen LogP contribution in [0.25, 0.3) is 0 Å². The first-order valence-corrected chi connectivity index (χ1v) is 10.3. The lowest BCUT2D eigenvalue weighted by atomic mass is 9.68. The minimum atomic E-state index is -0.460. The number of carbonyl (C=O) groups is 2. The molecule has 0 unspecified atom stereocenters. The molecule has 4 rings (SSSR count). The SMILES string of the molecule is C=C1C(C)(C)[C@H]2CC[C@@]1(C(=O)Nc1ccc(C(=O)Nc3ccc(OC)cc3)cc1)C2. The number of rotatable bonds is 5. The van der Waals surface area contributed by atoms with E-state index in [4.69, 9.17) is 4.74 Å². The molecule has 2 aliphatic rings. The molecule has 156 valence electrons. The molecule has 0 spiro atoms. The quantitative estimate of drug-likeness (QED) is 0.667. The minimum Gasteiger partial charge on any atom is -0.497 e. The lowest BCUT2D eigenvalue weighted by Crippen LogP contribution is -2.37. The molecular formula is C25H28N2O3. The fourth-order valence-corrected chi connectivity index (χ4v) is 4.98. The van der Waals surface area contributed by atoms with Gasteiger partial charge in [0, 0.05) is 16.9 Å². The van der Waals surface area contributed by atoms with Crippen LogP contribution in [0.3, 0.4) is 0 Å². The van der Waals surface area contributed by atoms with Crippen molar-refractivity contribution in [1.82, 2.24) is 0 Å². The maximum absolute atomic E-state index is 13.1. The number of ether oxygens (including phenoxy) is 1. The summed E-state index contributed by atoms with van der Waals surface area (Å²) in [7, 11) is 1.60. The molecule has 0 aromatic heterocycles. The van der Waals surface area contributed by atoms with Gasteiger partial charge >= 0.3 is 0 Å². The van der Waals surface area contributed by atoms with Gasteiger partial charge in [-0.15, -0.1) is 0 Å². The van der Waals surface area contributed by atoms with Gasteiger partial charge in [-0.3, -0.25) is 9.59 Å². The fourth-order valence-electron chi connectivity index (χ4n) is 4.98. The highest BCUT2D eigenvalue weighted by atomic mass is 16.5. The van der Waals surface area contributed by atoms with Gasteiger partial charge in [-0.2, -0.15) is 0 Å². The number of amides is 2. The molecule has 5 nitrogen and oxygen atoms in total. The molecule has 5 heteroatoms. The third-order valence-electron chi connectivity index (χ3n) is 7.08. The van der Waals surface area contributed by atoms with Crippen molar-refractivity contribution in [3.05, 3.63) is 66.2 Å². The summed E-state index contributed by atoms with van der Waals surface area (Å²) in [4.78, 5) is 25.6. The van der Waals surface area contributed by atoms with Gasteiger partial charge in [0.25, 0.3) is 5.91 Å². The maximum atomic E-state index is 13.1. The van der Waals surface area contributed by atoms with E-state index in [-0.39, 0.29) is 17.2 Å². The molecule has 2 fully saturated rings. The zero-order chi connectivity index (χ0) is 21.5. The number of hydrogen-bond acceptors (Lipinski definition) is 3. The molecular weight excluding hydrogens is 376 g/mol. The number of hydrogen-bond donors (Lipinski definition) is 2. The fraction of sp³-hybridized carbons (Fsp3) is 0.360. The largest absolute Gasteiger partial charge is 0.497 e. The Bertz CT molecular complexity index is 992. The number of methoxy groups -OCH3 is 1. The van der Waals surface area contributed by atoms with Gasteiger partial charge in [-0.05, 0) is 79.1 Å². The summed E-state index contributed by atoms with van der Waals surface area (Å²) in [5.74, 6) is 1.08. The molecule has 2 bridgehead atoms. The summed E-state index contributed by atoms with van der Waals surface area (Å²) in [5, 5.41) is 5.91. The summed E-state index contributed by atoms with van der Waals surface area (Å²) < 4.78 is 5.12. The van der Waals surface area contributed by atoms with Crippen LogP contribution >= 0.6 is 0 Å². The Hall–Kier alpha value is -3.08. The van der Waals surface area contributed by atoms with Gasteiger partial charge in [0.1, 0.15) is 5.75 Å². The number of carbonyl (C=O) groups excluding carboxylic acids is 2. The van der Waals surface area contributed by atoms with E-state index in [1.54, 1.807) is 55.6 Å². The van der Waals surface area contributed by atoms with Crippen LogP contribution in [0.15, 0.2) is 60.7 Å². The number of fused-ring (bicyclic) bond motifs is 2. The molecule has 0 saturated heterocycles. The molecule has 2 aromatic rings. The second-order valence-electron chi connectivity index (χ2n) is 8.94. The molecule has 2 N–H and O–H groups in total. The highest BCUT2D eigenvalue weighted by molar-refractivity contribution is 6.05. The van der Waals surface area contributed by atoms with Crippen LogP contribution in [0.2, 0.25) is 0 Å². The van der Waals surface area contributed by atoms with Crippen LogP contribution < -0.4 is 15.4 Å². The van der Waals surface area contributed by atoms with Gasteiger partial charge in [0.05, 0.1) is 12.5 Å². The second kappa shape index (κ2) is 7.31. The van der Waals surface area contributed by atoms with Crippen LogP contribution in [-0.4, -0.2) is 18.9 Å². The van der Waals surface area contributed by atoms with Crippen LogP contribution in [0.1, 0.15) is 43.5 Å². The Morgan fingerprint density at radius 1 is 1.00 bits per heavy atom. The Morgan fingerprint density at radius 2 is 1.60 bits per heavy atom. The normalized spacial score (nSPS) is 23.8. The minimum absolute atomic E-state index is 0.0129. The van der Waals surface area contributed by atoms with Crippen molar-refractivity contribution in [2.75, 3.05) is 17.7 Å². The van der Waals surface area contributed by atoms with Crippen molar-refractivity contribution in [3.63, 3.8) is 0 Å². The number of nitrogens with one attached hydrogen (secondary N) is 2. The molecule has 30 heavy (non-hydrogen) atoms. The topological polar surface area (TPSA) is 67.4 Å². The van der Waals surface area contributed by atoms with Crippen LogP contribution in [-0.2, 0) is 4.79 Å². The summed E-state index contributed by atoms with van der Waals surface area (Å²) >= 11 is 0. The zero-order valence-corrected chi connectivity index (χ0v) is 17.7. The second-order valence-corrected chi connectivity index (χ2v) is 8.94. The average Bonchev–Trinajstić information content (AvgIpc) is 3.28. The predicted octanol–water partition coefficient (Wildman–Crippen LogP) is 5.27. The summed E-state index contributed by atoms with van der Waals surface area (Å²) in [6.07, 6.45) is 2.82. The van der Waals surface area contributed by atoms with E-state index in [1.165, 1.54) is 0 Å². The highest BCUT2D eigenvalue weighted by Crippen LogP contribution is 2.65. The zero-order valence-electron chi connectivity index (χ0n) is 17.7. The van der Waals surface area contributed by atoms with E-state index in [0.717, 1.165) is 30.6 Å². The Labute approximate surface area is 177 Å². The van der Waals surface area contributed by atoms with E-state index >= 15 is 0 Å². The summed E-state index contributed by atoms with van der Waals surface area (Å²) in [5.41, 5.74) is 2.51. The molecule has 2 saturated carbocycles. The third-order valence-corrected chi connectivity index (χ3v) is 7.08. The average molecular weight is 405 g/mol. The van der Waals surface area contributed by atoms with Crippen molar-refractivity contribution >= 4 is 23.2 Å². The number of anilines is 2. The van der Waals surface area contributed by atoms with E-state index < -0.39 is 5.41 Å². The van der Waals surface area contributed by atoms with E-state index in [0.29, 0.717) is 22.9 Å². The van der Waals surface area contributed by atoms with Gasteiger partial charge in [0.2, 0.25) is 5.91 Å². The van der Waals surface area contributed by atoms with Crippen molar-refractivity contribution in [1.29, 1.82) is 0 Å². The standard InChI is InChI=1S/C25H28N2O3/c1-16-24(2,3)18-13-14-25(16,15-18)23(29)27-20-7-5-17(6-8-20)22(28)26-19-9-11-21(30-4)12-10-19/h5-12,18H,1,13-15H2,2-4H3,(H,26,28)(H,27,29)/t18-,25+/m0/s1. The molecule has 2 aromatic carbocycles. The molecule has 0 heterocycles. The third kappa shape index (κ3) is 3.28. The lowest BCUT2D eigenvalue weighted by Gasteiger charge is -2.37. The molecule has 0 radical (unpaired) electrons. The molecule has 2 amide bonds. The maximum Gasteiger partial charge on any atom is 0.255 e. The van der Waals surface area contributed by atoms with Crippen molar-refractivity contribution in [2.45, 2.75) is 33.1 Å². The Balaban J connectivity index is 1.42. The lowest BCUT2D eigenvalue weighted by molar-refractivity contribution is -0.123. The Kier molecular flexibility index (Phi) is 4.92. The molecule has 2 aliphatic carbocycles. The molecule has 2 atom stereocenters. The Morgan fingerprint density at radius 3 is 2.17 bits per heavy atom. The number of benzene rings is 2. The molecule has 0 aliphatic heterocycles. The monoisotopic (exact) mass is 404 g/mol. The summed E-state index contributed by atoms with van der Waals surface area (Å²) in [6, 6.07) is 14.1. The van der Waals surface area contributed by atoms with Crippen molar-refractivity contribution in [3.8, 4) is 5.75 Å². The van der Waals surface area contributed by atoms with E-state index in [9.17, 15) is 9.59 Å². The summed E-state index contributed by atoms with van der Waals surface area (Å²) in [6.45, 7) is 8.69. The van der Waals surface area contributed by atoms with Gasteiger partial charge in [-0.1, -0.05) is 26.0 Å². The van der Waals surface area contributed by atoms with Gasteiger partial charge in [-0.25, -0.2) is 0 Å². The highest BCUT2D eigenvalue weighted by Gasteiger charge is 2.60. The van der Waals surface area contributed by atoms with Crippen LogP contribution in [0.4, 0.5) is 11.4 Å². The van der Waals surface area contributed by atoms with Gasteiger partial charge < -0.3 is 15.4 Å². The smallest absolute Gasteiger partial charge is 0.255 e. The first-order valence-electron chi connectivity index (χ1n) is 10.3. The predicted molar refractivity (Wildman–Crippen MR) is 119 cm³/mol.